The number of hydrogen-bond donors (Lipinski definition) is 0. The van der Waals surface area contributed by atoms with Crippen LogP contribution in [0.25, 0.3) is 0 Å². The second kappa shape index (κ2) is 5.94. The van der Waals surface area contributed by atoms with E-state index in [4.69, 9.17) is 9.47 Å². The molecule has 5 heteroatoms. The lowest BCUT2D eigenvalue weighted by molar-refractivity contribution is -0.124. The molecule has 108 valence electrons. The number of ether oxygens (including phenoxy) is 2. The van der Waals surface area contributed by atoms with Gasteiger partial charge in [-0.1, -0.05) is 6.92 Å². The first-order chi connectivity index (χ1) is 9.55. The van der Waals surface area contributed by atoms with Gasteiger partial charge in [-0.15, -0.1) is 0 Å². The highest BCUT2D eigenvalue weighted by atomic mass is 16.5. The maximum Gasteiger partial charge on any atom is 0.254 e. The number of methoxy groups -OCH3 is 2. The first-order valence-corrected chi connectivity index (χ1v) is 6.60. The molecule has 1 saturated heterocycles. The van der Waals surface area contributed by atoms with E-state index in [0.29, 0.717) is 36.6 Å². The van der Waals surface area contributed by atoms with Crippen LogP contribution in [0.5, 0.6) is 11.5 Å². The molecule has 0 aliphatic carbocycles. The van der Waals surface area contributed by atoms with E-state index < -0.39 is 0 Å². The lowest BCUT2D eigenvalue weighted by atomic mass is 9.98. The molecule has 5 nitrogen and oxygen atoms in total. The van der Waals surface area contributed by atoms with Crippen LogP contribution in [0.15, 0.2) is 18.2 Å². The molecule has 1 aromatic carbocycles. The Labute approximate surface area is 118 Å². The van der Waals surface area contributed by atoms with Gasteiger partial charge >= 0.3 is 0 Å². The normalized spacial score (nSPS) is 18.9. The van der Waals surface area contributed by atoms with Crippen LogP contribution in [0.1, 0.15) is 23.7 Å². The van der Waals surface area contributed by atoms with Crippen molar-refractivity contribution < 1.29 is 19.1 Å². The average Bonchev–Trinajstić information content (AvgIpc) is 2.48. The van der Waals surface area contributed by atoms with Gasteiger partial charge in [0.25, 0.3) is 5.91 Å². The summed E-state index contributed by atoms with van der Waals surface area (Å²) in [6.07, 6.45) is 0.425. The van der Waals surface area contributed by atoms with E-state index in [1.165, 1.54) is 0 Å². The number of carbonyl (C=O) groups excluding carboxylic acids is 2. The molecule has 20 heavy (non-hydrogen) atoms. The van der Waals surface area contributed by atoms with Crippen LogP contribution in [0, 0.1) is 5.92 Å². The first kappa shape index (κ1) is 14.4. The highest BCUT2D eigenvalue weighted by Gasteiger charge is 2.27. The number of piperidine rings is 1. The van der Waals surface area contributed by atoms with Crippen molar-refractivity contribution in [3.05, 3.63) is 23.8 Å². The second-order valence-electron chi connectivity index (χ2n) is 4.97. The number of Topliss-reactive ketones (excluding diaryl/α,β-unsaturated/α-hetero) is 1. The number of carbonyl (C=O) groups is 2. The minimum atomic E-state index is -0.0970. The minimum absolute atomic E-state index is 0.0958. The van der Waals surface area contributed by atoms with Crippen LogP contribution in [0.3, 0.4) is 0 Å². The molecule has 1 unspecified atom stereocenters. The van der Waals surface area contributed by atoms with Crippen molar-refractivity contribution in [1.29, 1.82) is 0 Å². The molecule has 1 fully saturated rings. The summed E-state index contributed by atoms with van der Waals surface area (Å²) in [4.78, 5) is 25.7. The van der Waals surface area contributed by atoms with Crippen LogP contribution in [0.4, 0.5) is 0 Å². The monoisotopic (exact) mass is 277 g/mol. The summed E-state index contributed by atoms with van der Waals surface area (Å²) >= 11 is 0. The Hall–Kier alpha value is -2.04. The third kappa shape index (κ3) is 2.92. The predicted molar refractivity (Wildman–Crippen MR) is 74.2 cm³/mol. The van der Waals surface area contributed by atoms with Crippen molar-refractivity contribution in [2.24, 2.45) is 5.92 Å². The summed E-state index contributed by atoms with van der Waals surface area (Å²) in [5.74, 6) is 1.18. The fourth-order valence-corrected chi connectivity index (χ4v) is 2.31. The second-order valence-corrected chi connectivity index (χ2v) is 4.97. The number of rotatable bonds is 3. The maximum absolute atomic E-state index is 12.5. The summed E-state index contributed by atoms with van der Waals surface area (Å²) in [7, 11) is 3.09. The summed E-state index contributed by atoms with van der Waals surface area (Å²) in [5.41, 5.74) is 0.516. The van der Waals surface area contributed by atoms with Crippen LogP contribution in [-0.4, -0.2) is 43.9 Å². The topological polar surface area (TPSA) is 55.8 Å². The summed E-state index contributed by atoms with van der Waals surface area (Å²) < 4.78 is 10.3. The molecule has 0 radical (unpaired) electrons. The van der Waals surface area contributed by atoms with Gasteiger partial charge in [0, 0.05) is 37.1 Å². The number of nitrogens with zero attached hydrogens (tertiary/aromatic N) is 1. The number of hydrogen-bond acceptors (Lipinski definition) is 4. The Morgan fingerprint density at radius 3 is 2.30 bits per heavy atom. The predicted octanol–water partition coefficient (Wildman–Crippen LogP) is 1.75. The molecule has 1 amide bonds. The van der Waals surface area contributed by atoms with Crippen molar-refractivity contribution in [1.82, 2.24) is 4.90 Å². The standard InChI is InChI=1S/C15H19NO4/c1-10-9-16(5-4-14(10)17)15(18)11-6-12(19-2)8-13(7-11)20-3/h6-8,10H,4-5,9H2,1-3H3. The number of likely N-dealkylation sites (tertiary alicyclic amines) is 1. The zero-order valence-corrected chi connectivity index (χ0v) is 12.0. The molecule has 0 spiro atoms. The molecule has 1 aliphatic heterocycles. The van der Waals surface area contributed by atoms with Gasteiger partial charge in [0.1, 0.15) is 17.3 Å². The summed E-state index contributed by atoms with van der Waals surface area (Å²) in [6.45, 7) is 2.80. The molecule has 1 aromatic rings. The average molecular weight is 277 g/mol. The molecule has 1 heterocycles. The highest BCUT2D eigenvalue weighted by Crippen LogP contribution is 2.24. The van der Waals surface area contributed by atoms with Crippen LogP contribution >= 0.6 is 0 Å². The number of amides is 1. The zero-order valence-electron chi connectivity index (χ0n) is 12.0. The van der Waals surface area contributed by atoms with Gasteiger partial charge in [0.2, 0.25) is 0 Å². The number of benzene rings is 1. The Morgan fingerprint density at radius 1 is 1.20 bits per heavy atom. The highest BCUT2D eigenvalue weighted by molar-refractivity contribution is 5.96. The SMILES string of the molecule is COc1cc(OC)cc(C(=O)N2CCC(=O)C(C)C2)c1. The van der Waals surface area contributed by atoms with E-state index in [1.807, 2.05) is 6.92 Å². The zero-order chi connectivity index (χ0) is 14.7. The van der Waals surface area contributed by atoms with Gasteiger partial charge in [-0.05, 0) is 12.1 Å². The van der Waals surface area contributed by atoms with E-state index in [1.54, 1.807) is 37.3 Å². The molecular formula is C15H19NO4. The summed E-state index contributed by atoms with van der Waals surface area (Å²) in [5, 5.41) is 0. The Morgan fingerprint density at radius 2 is 1.80 bits per heavy atom. The van der Waals surface area contributed by atoms with Gasteiger partial charge in [0.05, 0.1) is 14.2 Å². The molecule has 0 aromatic heterocycles. The smallest absolute Gasteiger partial charge is 0.254 e. The van der Waals surface area contributed by atoms with E-state index in [2.05, 4.69) is 0 Å². The third-order valence-electron chi connectivity index (χ3n) is 3.56. The van der Waals surface area contributed by atoms with Gasteiger partial charge in [0.15, 0.2) is 0 Å². The lowest BCUT2D eigenvalue weighted by Gasteiger charge is -2.30. The quantitative estimate of drug-likeness (QED) is 0.844. The maximum atomic E-state index is 12.5. The lowest BCUT2D eigenvalue weighted by Crippen LogP contribution is -2.43. The van der Waals surface area contributed by atoms with Crippen LogP contribution in [0.2, 0.25) is 0 Å². The van der Waals surface area contributed by atoms with Gasteiger partial charge in [-0.2, -0.15) is 0 Å². The van der Waals surface area contributed by atoms with Crippen LogP contribution < -0.4 is 9.47 Å². The molecular weight excluding hydrogens is 258 g/mol. The van der Waals surface area contributed by atoms with Crippen LogP contribution in [-0.2, 0) is 4.79 Å². The molecule has 1 atom stereocenters. The van der Waals surface area contributed by atoms with E-state index in [9.17, 15) is 9.59 Å². The van der Waals surface area contributed by atoms with Crippen molar-refractivity contribution in [2.45, 2.75) is 13.3 Å². The van der Waals surface area contributed by atoms with Crippen molar-refractivity contribution in [3.63, 3.8) is 0 Å². The van der Waals surface area contributed by atoms with Crippen molar-refractivity contribution >= 4 is 11.7 Å². The Balaban J connectivity index is 2.22. The fraction of sp³-hybridized carbons (Fsp3) is 0.467. The fourth-order valence-electron chi connectivity index (χ4n) is 2.31. The van der Waals surface area contributed by atoms with E-state index in [0.717, 1.165) is 0 Å². The van der Waals surface area contributed by atoms with Crippen molar-refractivity contribution in [2.75, 3.05) is 27.3 Å². The third-order valence-corrected chi connectivity index (χ3v) is 3.56. The first-order valence-electron chi connectivity index (χ1n) is 6.60. The molecule has 0 N–H and O–H groups in total. The van der Waals surface area contributed by atoms with Gasteiger partial charge in [-0.3, -0.25) is 9.59 Å². The molecule has 0 saturated carbocycles. The van der Waals surface area contributed by atoms with Gasteiger partial charge in [-0.25, -0.2) is 0 Å². The summed E-state index contributed by atoms with van der Waals surface area (Å²) in [6, 6.07) is 5.09. The van der Waals surface area contributed by atoms with Gasteiger partial charge < -0.3 is 14.4 Å². The minimum Gasteiger partial charge on any atom is -0.497 e. The van der Waals surface area contributed by atoms with E-state index in [-0.39, 0.29) is 17.6 Å². The van der Waals surface area contributed by atoms with E-state index >= 15 is 0 Å². The molecule has 0 bridgehead atoms. The Bertz CT molecular complexity index is 504. The Kier molecular flexibility index (Phi) is 4.27. The van der Waals surface area contributed by atoms with Crippen molar-refractivity contribution in [3.8, 4) is 11.5 Å². The largest absolute Gasteiger partial charge is 0.497 e. The molecule has 1 aliphatic rings. The molecule has 2 rings (SSSR count). The number of ketones is 1.